The number of esters is 1. The van der Waals surface area contributed by atoms with Crippen molar-refractivity contribution >= 4 is 33.9 Å². The molecule has 3 aromatic rings. The molecule has 3 aromatic carbocycles. The van der Waals surface area contributed by atoms with Crippen LogP contribution in [0.1, 0.15) is 37.3 Å². The molecule has 1 aliphatic carbocycles. The van der Waals surface area contributed by atoms with Gasteiger partial charge >= 0.3 is 5.97 Å². The van der Waals surface area contributed by atoms with Crippen LogP contribution in [0.25, 0.3) is 10.8 Å². The lowest BCUT2D eigenvalue weighted by atomic mass is 9.63. The number of hydrogen-bond donors (Lipinski definition) is 1. The van der Waals surface area contributed by atoms with Crippen molar-refractivity contribution in [2.75, 3.05) is 31.4 Å². The molecule has 5 heteroatoms. The summed E-state index contributed by atoms with van der Waals surface area (Å²) >= 11 is 0. The van der Waals surface area contributed by atoms with E-state index in [1.807, 2.05) is 40.1 Å². The minimum Gasteiger partial charge on any atom is -0.468 e. The average molecular weight is 455 g/mol. The van der Waals surface area contributed by atoms with E-state index in [1.165, 1.54) is 7.11 Å². The summed E-state index contributed by atoms with van der Waals surface area (Å²) in [7, 11) is 5.43. The Kier molecular flexibility index (Phi) is 5.23. The smallest absolute Gasteiger partial charge is 0.315 e. The number of allylic oxidation sites excluding steroid dienone is 1. The highest BCUT2D eigenvalue weighted by Crippen LogP contribution is 2.53. The number of benzene rings is 3. The zero-order valence-corrected chi connectivity index (χ0v) is 20.3. The lowest BCUT2D eigenvalue weighted by molar-refractivity contribution is -0.148. The molecule has 0 amide bonds. The first-order valence-electron chi connectivity index (χ1n) is 11.6. The van der Waals surface area contributed by atoms with Crippen molar-refractivity contribution in [2.24, 2.45) is 11.3 Å². The Morgan fingerprint density at radius 2 is 1.74 bits per heavy atom. The van der Waals surface area contributed by atoms with Crippen molar-refractivity contribution in [1.29, 1.82) is 0 Å². The predicted octanol–water partition coefficient (Wildman–Crippen LogP) is 5.51. The van der Waals surface area contributed by atoms with Crippen LogP contribution in [0.4, 0.5) is 11.4 Å². The van der Waals surface area contributed by atoms with Crippen LogP contribution in [0, 0.1) is 11.3 Å². The second-order valence-electron chi connectivity index (χ2n) is 10.2. The van der Waals surface area contributed by atoms with Gasteiger partial charge in [-0.3, -0.25) is 9.59 Å². The number of fused-ring (bicyclic) bond motifs is 3. The van der Waals surface area contributed by atoms with Crippen molar-refractivity contribution in [3.8, 4) is 0 Å². The second-order valence-corrected chi connectivity index (χ2v) is 10.2. The maximum Gasteiger partial charge on any atom is 0.315 e. The molecule has 0 fully saturated rings. The summed E-state index contributed by atoms with van der Waals surface area (Å²) in [4.78, 5) is 28.8. The molecule has 0 bridgehead atoms. The summed E-state index contributed by atoms with van der Waals surface area (Å²) in [5.41, 5.74) is 4.94. The van der Waals surface area contributed by atoms with Crippen molar-refractivity contribution in [3.05, 3.63) is 83.1 Å². The number of carbonyl (C=O) groups is 2. The minimum absolute atomic E-state index is 0.0768. The fourth-order valence-electron chi connectivity index (χ4n) is 5.62. The highest BCUT2D eigenvalue weighted by Gasteiger charge is 2.50. The fourth-order valence-corrected chi connectivity index (χ4v) is 5.62. The number of Topliss-reactive ketones (excluding diaryl/α,β-unsaturated/α-hetero) is 1. The molecule has 0 spiro atoms. The molecule has 0 saturated carbocycles. The van der Waals surface area contributed by atoms with Gasteiger partial charge in [-0.05, 0) is 45.5 Å². The summed E-state index contributed by atoms with van der Waals surface area (Å²) in [6.07, 6.45) is 0.291. The van der Waals surface area contributed by atoms with Crippen molar-refractivity contribution in [2.45, 2.75) is 26.2 Å². The monoisotopic (exact) mass is 454 g/mol. The van der Waals surface area contributed by atoms with Crippen LogP contribution in [0.2, 0.25) is 0 Å². The number of anilines is 2. The summed E-state index contributed by atoms with van der Waals surface area (Å²) in [5.74, 6) is -1.06. The van der Waals surface area contributed by atoms with Crippen LogP contribution in [0.3, 0.4) is 0 Å². The molecule has 34 heavy (non-hydrogen) atoms. The van der Waals surface area contributed by atoms with Gasteiger partial charge in [-0.15, -0.1) is 0 Å². The third-order valence-corrected chi connectivity index (χ3v) is 7.27. The number of ketones is 1. The number of carbonyl (C=O) groups excluding carboxylic acids is 2. The van der Waals surface area contributed by atoms with Crippen LogP contribution >= 0.6 is 0 Å². The van der Waals surface area contributed by atoms with Crippen LogP contribution in [-0.4, -0.2) is 33.0 Å². The SMILES string of the molecule is COC(=O)[C@@H]1C2=C(C(=O)CC1(C)C)[C@H](c1ccc(N(C)C)cc1)c1c(ccc3ccccc13)N2. The van der Waals surface area contributed by atoms with E-state index in [9.17, 15) is 9.59 Å². The largest absolute Gasteiger partial charge is 0.468 e. The highest BCUT2D eigenvalue weighted by molar-refractivity contribution is 6.06. The van der Waals surface area contributed by atoms with Gasteiger partial charge in [-0.1, -0.05) is 56.3 Å². The van der Waals surface area contributed by atoms with Crippen molar-refractivity contribution < 1.29 is 14.3 Å². The van der Waals surface area contributed by atoms with Gasteiger partial charge in [-0.2, -0.15) is 0 Å². The molecule has 1 aliphatic heterocycles. The number of methoxy groups -OCH3 is 1. The average Bonchev–Trinajstić information content (AvgIpc) is 2.81. The first kappa shape index (κ1) is 22.2. The van der Waals surface area contributed by atoms with E-state index in [0.717, 1.165) is 33.3 Å². The van der Waals surface area contributed by atoms with E-state index < -0.39 is 11.3 Å². The van der Waals surface area contributed by atoms with Gasteiger partial charge in [-0.25, -0.2) is 0 Å². The highest BCUT2D eigenvalue weighted by atomic mass is 16.5. The molecule has 5 rings (SSSR count). The molecule has 174 valence electrons. The van der Waals surface area contributed by atoms with Gasteiger partial charge in [0.2, 0.25) is 0 Å². The number of hydrogen-bond acceptors (Lipinski definition) is 5. The molecule has 0 radical (unpaired) electrons. The quantitative estimate of drug-likeness (QED) is 0.529. The maximum atomic E-state index is 13.7. The Labute approximate surface area is 200 Å². The molecule has 0 saturated heterocycles. The van der Waals surface area contributed by atoms with E-state index >= 15 is 0 Å². The van der Waals surface area contributed by atoms with E-state index in [1.54, 1.807) is 0 Å². The summed E-state index contributed by atoms with van der Waals surface area (Å²) in [6, 6.07) is 20.8. The topological polar surface area (TPSA) is 58.6 Å². The normalized spacial score (nSPS) is 20.9. The Morgan fingerprint density at radius 3 is 2.41 bits per heavy atom. The van der Waals surface area contributed by atoms with E-state index in [0.29, 0.717) is 17.7 Å². The molecular formula is C29H30N2O3. The number of nitrogens with one attached hydrogen (secondary N) is 1. The molecule has 2 aliphatic rings. The van der Waals surface area contributed by atoms with E-state index in [4.69, 9.17) is 4.74 Å². The molecule has 2 atom stereocenters. The first-order chi connectivity index (χ1) is 16.2. The maximum absolute atomic E-state index is 13.7. The third-order valence-electron chi connectivity index (χ3n) is 7.27. The van der Waals surface area contributed by atoms with Gasteiger partial charge < -0.3 is 15.0 Å². The zero-order valence-electron chi connectivity index (χ0n) is 20.3. The first-order valence-corrected chi connectivity index (χ1v) is 11.6. The van der Waals surface area contributed by atoms with Gasteiger partial charge in [0.05, 0.1) is 7.11 Å². The Morgan fingerprint density at radius 1 is 1.03 bits per heavy atom. The molecule has 5 nitrogen and oxygen atoms in total. The van der Waals surface area contributed by atoms with Gasteiger partial charge in [0.1, 0.15) is 5.92 Å². The van der Waals surface area contributed by atoms with Gasteiger partial charge in [0.25, 0.3) is 0 Å². The summed E-state index contributed by atoms with van der Waals surface area (Å²) in [5, 5.41) is 5.75. The van der Waals surface area contributed by atoms with Crippen LogP contribution in [0.5, 0.6) is 0 Å². The predicted molar refractivity (Wildman–Crippen MR) is 136 cm³/mol. The Bertz CT molecular complexity index is 1340. The molecular weight excluding hydrogens is 424 g/mol. The minimum atomic E-state index is -0.552. The molecule has 0 aromatic heterocycles. The zero-order chi connectivity index (χ0) is 24.2. The van der Waals surface area contributed by atoms with Crippen molar-refractivity contribution in [1.82, 2.24) is 0 Å². The molecule has 1 N–H and O–H groups in total. The van der Waals surface area contributed by atoms with Gasteiger partial charge in [0, 0.05) is 49.1 Å². The summed E-state index contributed by atoms with van der Waals surface area (Å²) < 4.78 is 5.22. The van der Waals surface area contributed by atoms with Crippen molar-refractivity contribution in [3.63, 3.8) is 0 Å². The Balaban J connectivity index is 1.81. The standard InChI is InChI=1S/C29H30N2O3/c1-29(2)16-22(32)25-23(18-10-13-19(14-11-18)31(3)4)24-20-9-7-6-8-17(20)12-15-21(24)30-27(25)26(29)28(33)34-5/h6-15,23,26,30H,16H2,1-5H3/t23-,26+/m1/s1. The van der Waals surface area contributed by atoms with E-state index in [2.05, 4.69) is 58.7 Å². The number of rotatable bonds is 3. The lowest BCUT2D eigenvalue weighted by Crippen LogP contribution is -2.44. The Hall–Kier alpha value is -3.60. The van der Waals surface area contributed by atoms with Crippen LogP contribution in [-0.2, 0) is 14.3 Å². The van der Waals surface area contributed by atoms with Gasteiger partial charge in [0.15, 0.2) is 5.78 Å². The molecule has 1 heterocycles. The summed E-state index contributed by atoms with van der Waals surface area (Å²) in [6.45, 7) is 3.93. The molecule has 0 unspecified atom stereocenters. The van der Waals surface area contributed by atoms with Crippen LogP contribution in [0.15, 0.2) is 71.9 Å². The second kappa shape index (κ2) is 8.01. The lowest BCUT2D eigenvalue weighted by Gasteiger charge is -2.44. The van der Waals surface area contributed by atoms with E-state index in [-0.39, 0.29) is 17.7 Å². The fraction of sp³-hybridized carbons (Fsp3) is 0.310. The third kappa shape index (κ3) is 3.38. The van der Waals surface area contributed by atoms with Crippen LogP contribution < -0.4 is 10.2 Å². The number of nitrogens with zero attached hydrogens (tertiary/aromatic N) is 1. The number of ether oxygens (including phenoxy) is 1.